The SMILES string of the molecule is C=CC(=O)Nc1cccc(Nc2nc(Nc3cnc(NCCNC)cc3OC)ncc2C(F)(F)F)c1. The fourth-order valence-corrected chi connectivity index (χ4v) is 2.98. The summed E-state index contributed by atoms with van der Waals surface area (Å²) in [6.07, 6.45) is -1.50. The van der Waals surface area contributed by atoms with Crippen LogP contribution in [0.4, 0.5) is 47.8 Å². The molecule has 10 nitrogen and oxygen atoms in total. The third kappa shape index (κ3) is 7.06. The molecule has 0 saturated carbocycles. The number of amides is 1. The zero-order chi connectivity index (χ0) is 26.1. The molecule has 190 valence electrons. The summed E-state index contributed by atoms with van der Waals surface area (Å²) in [7, 11) is 3.28. The summed E-state index contributed by atoms with van der Waals surface area (Å²) < 4.78 is 46.3. The molecule has 1 amide bonds. The van der Waals surface area contributed by atoms with Crippen molar-refractivity contribution in [2.24, 2.45) is 0 Å². The maximum atomic E-state index is 13.6. The minimum absolute atomic E-state index is 0.113. The molecule has 2 heterocycles. The van der Waals surface area contributed by atoms with Crippen molar-refractivity contribution < 1.29 is 22.7 Å². The van der Waals surface area contributed by atoms with E-state index in [0.717, 1.165) is 12.6 Å². The third-order valence-electron chi connectivity index (χ3n) is 4.69. The zero-order valence-electron chi connectivity index (χ0n) is 19.5. The number of ether oxygens (including phenoxy) is 1. The zero-order valence-corrected chi connectivity index (χ0v) is 19.5. The molecule has 0 radical (unpaired) electrons. The first-order chi connectivity index (χ1) is 17.2. The van der Waals surface area contributed by atoms with Gasteiger partial charge in [0.1, 0.15) is 28.6 Å². The molecule has 36 heavy (non-hydrogen) atoms. The van der Waals surface area contributed by atoms with Gasteiger partial charge in [0.05, 0.1) is 13.3 Å². The second kappa shape index (κ2) is 11.8. The largest absolute Gasteiger partial charge is 0.494 e. The second-order valence-electron chi connectivity index (χ2n) is 7.28. The predicted molar refractivity (Wildman–Crippen MR) is 132 cm³/mol. The molecule has 13 heteroatoms. The van der Waals surface area contributed by atoms with E-state index in [0.29, 0.717) is 35.7 Å². The van der Waals surface area contributed by atoms with Crippen molar-refractivity contribution in [1.82, 2.24) is 20.3 Å². The Labute approximate surface area is 205 Å². The fourth-order valence-electron chi connectivity index (χ4n) is 2.98. The summed E-state index contributed by atoms with van der Waals surface area (Å²) in [5.74, 6) is -0.100. The molecule has 0 saturated heterocycles. The number of aromatic nitrogens is 3. The summed E-state index contributed by atoms with van der Waals surface area (Å²) in [4.78, 5) is 23.7. The Hall–Kier alpha value is -4.39. The number of halogens is 3. The first kappa shape index (κ1) is 26.2. The number of hydrogen-bond acceptors (Lipinski definition) is 9. The van der Waals surface area contributed by atoms with E-state index >= 15 is 0 Å². The normalized spacial score (nSPS) is 10.9. The topological polar surface area (TPSA) is 125 Å². The van der Waals surface area contributed by atoms with E-state index in [-0.39, 0.29) is 11.6 Å². The molecule has 0 bridgehead atoms. The molecule has 0 spiro atoms. The average molecular weight is 503 g/mol. The van der Waals surface area contributed by atoms with Crippen LogP contribution in [0.15, 0.2) is 55.4 Å². The molecule has 1 aromatic carbocycles. The molecule has 0 fully saturated rings. The van der Waals surface area contributed by atoms with Gasteiger partial charge in [0, 0.05) is 36.7 Å². The van der Waals surface area contributed by atoms with Crippen molar-refractivity contribution in [1.29, 1.82) is 0 Å². The summed E-state index contributed by atoms with van der Waals surface area (Å²) in [5.41, 5.74) is -0.0763. The van der Waals surface area contributed by atoms with Gasteiger partial charge in [0.2, 0.25) is 11.9 Å². The van der Waals surface area contributed by atoms with Crippen LogP contribution in [-0.4, -0.2) is 48.1 Å². The molecular weight excluding hydrogens is 477 g/mol. The number of hydrogen-bond donors (Lipinski definition) is 5. The van der Waals surface area contributed by atoms with E-state index in [4.69, 9.17) is 4.74 Å². The van der Waals surface area contributed by atoms with Gasteiger partial charge in [-0.1, -0.05) is 12.6 Å². The number of alkyl halides is 3. The Morgan fingerprint density at radius 2 is 1.89 bits per heavy atom. The lowest BCUT2D eigenvalue weighted by Crippen LogP contribution is -2.18. The molecule has 3 aromatic rings. The van der Waals surface area contributed by atoms with Gasteiger partial charge in [-0.25, -0.2) is 9.97 Å². The van der Waals surface area contributed by atoms with Crippen LogP contribution in [0.2, 0.25) is 0 Å². The highest BCUT2D eigenvalue weighted by atomic mass is 19.4. The Bertz CT molecular complexity index is 1220. The lowest BCUT2D eigenvalue weighted by Gasteiger charge is -2.16. The second-order valence-corrected chi connectivity index (χ2v) is 7.28. The standard InChI is InChI=1S/C23H25F3N8O2/c1-4-20(35)31-14-6-5-7-15(10-14)32-21-16(23(24,25)26)12-30-22(34-21)33-17-13-29-19(11-18(17)36-3)28-9-8-27-2/h4-7,10-13,27H,1,8-9H2,2-3H3,(H,28,29)(H,31,35)(H2,30,32,33,34). The number of nitrogens with zero attached hydrogens (tertiary/aromatic N) is 3. The van der Waals surface area contributed by atoms with Crippen LogP contribution >= 0.6 is 0 Å². The first-order valence-electron chi connectivity index (χ1n) is 10.7. The highest BCUT2D eigenvalue weighted by Gasteiger charge is 2.35. The number of anilines is 6. The van der Waals surface area contributed by atoms with E-state index in [1.54, 1.807) is 18.2 Å². The van der Waals surface area contributed by atoms with Crippen molar-refractivity contribution in [3.63, 3.8) is 0 Å². The fraction of sp³-hybridized carbons (Fsp3) is 0.217. The monoisotopic (exact) mass is 502 g/mol. The van der Waals surface area contributed by atoms with Crippen LogP contribution in [0, 0.1) is 0 Å². The minimum atomic E-state index is -4.71. The summed E-state index contributed by atoms with van der Waals surface area (Å²) in [5, 5.41) is 14.2. The molecule has 0 aliphatic rings. The quantitative estimate of drug-likeness (QED) is 0.194. The van der Waals surface area contributed by atoms with Gasteiger partial charge < -0.3 is 31.3 Å². The van der Waals surface area contributed by atoms with Crippen LogP contribution in [-0.2, 0) is 11.0 Å². The summed E-state index contributed by atoms with van der Waals surface area (Å²) in [6.45, 7) is 4.73. The Kier molecular flexibility index (Phi) is 8.62. The average Bonchev–Trinajstić information content (AvgIpc) is 2.84. The number of nitrogens with one attached hydrogen (secondary N) is 5. The van der Waals surface area contributed by atoms with Crippen molar-refractivity contribution in [2.75, 3.05) is 48.5 Å². The van der Waals surface area contributed by atoms with E-state index in [1.165, 1.54) is 25.4 Å². The number of likely N-dealkylation sites (N-methyl/N-ethyl adjacent to an activating group) is 1. The van der Waals surface area contributed by atoms with E-state index < -0.39 is 23.5 Å². The molecule has 0 unspecified atom stereocenters. The number of carbonyl (C=O) groups excluding carboxylic acids is 1. The van der Waals surface area contributed by atoms with Crippen LogP contribution in [0.1, 0.15) is 5.56 Å². The smallest absolute Gasteiger partial charge is 0.421 e. The number of pyridine rings is 1. The number of methoxy groups -OCH3 is 1. The van der Waals surface area contributed by atoms with Crippen LogP contribution in [0.5, 0.6) is 5.75 Å². The van der Waals surface area contributed by atoms with Crippen molar-refractivity contribution in [3.8, 4) is 5.75 Å². The van der Waals surface area contributed by atoms with Gasteiger partial charge in [0.15, 0.2) is 0 Å². The van der Waals surface area contributed by atoms with Crippen LogP contribution < -0.4 is 31.3 Å². The van der Waals surface area contributed by atoms with Gasteiger partial charge >= 0.3 is 6.18 Å². The minimum Gasteiger partial charge on any atom is -0.494 e. The number of benzene rings is 1. The molecule has 5 N–H and O–H groups in total. The lowest BCUT2D eigenvalue weighted by molar-refractivity contribution is -0.137. The van der Waals surface area contributed by atoms with Crippen molar-refractivity contribution in [3.05, 3.63) is 60.9 Å². The molecule has 2 aromatic heterocycles. The Balaban J connectivity index is 1.88. The maximum absolute atomic E-state index is 13.6. The highest BCUT2D eigenvalue weighted by Crippen LogP contribution is 2.36. The van der Waals surface area contributed by atoms with Gasteiger partial charge in [-0.3, -0.25) is 4.79 Å². The van der Waals surface area contributed by atoms with Gasteiger partial charge in [-0.05, 0) is 31.3 Å². The summed E-state index contributed by atoms with van der Waals surface area (Å²) >= 11 is 0. The third-order valence-corrected chi connectivity index (χ3v) is 4.69. The molecule has 0 aliphatic carbocycles. The highest BCUT2D eigenvalue weighted by molar-refractivity contribution is 5.99. The van der Waals surface area contributed by atoms with E-state index in [9.17, 15) is 18.0 Å². The maximum Gasteiger partial charge on any atom is 0.421 e. The van der Waals surface area contributed by atoms with Gasteiger partial charge in [0.25, 0.3) is 0 Å². The van der Waals surface area contributed by atoms with Gasteiger partial charge in [-0.2, -0.15) is 18.2 Å². The van der Waals surface area contributed by atoms with Gasteiger partial charge in [-0.15, -0.1) is 0 Å². The molecule has 0 aliphatic heterocycles. The lowest BCUT2D eigenvalue weighted by atomic mass is 10.2. The number of carbonyl (C=O) groups is 1. The molecule has 3 rings (SSSR count). The van der Waals surface area contributed by atoms with Crippen LogP contribution in [0.3, 0.4) is 0 Å². The first-order valence-corrected chi connectivity index (χ1v) is 10.7. The van der Waals surface area contributed by atoms with Crippen LogP contribution in [0.25, 0.3) is 0 Å². The summed E-state index contributed by atoms with van der Waals surface area (Å²) in [6, 6.07) is 7.79. The van der Waals surface area contributed by atoms with E-state index in [2.05, 4.69) is 48.1 Å². The number of rotatable bonds is 11. The molecule has 0 atom stereocenters. The molecular formula is C23H25F3N8O2. The van der Waals surface area contributed by atoms with Crippen molar-refractivity contribution in [2.45, 2.75) is 6.18 Å². The Morgan fingerprint density at radius 3 is 2.58 bits per heavy atom. The van der Waals surface area contributed by atoms with Crippen molar-refractivity contribution >= 4 is 40.6 Å². The van der Waals surface area contributed by atoms with E-state index in [1.807, 2.05) is 7.05 Å². The predicted octanol–water partition coefficient (Wildman–Crippen LogP) is 4.14. The Morgan fingerprint density at radius 1 is 1.11 bits per heavy atom.